The number of nitrogens with one attached hydrogen (secondary N) is 2. The van der Waals surface area contributed by atoms with Gasteiger partial charge >= 0.3 is 0 Å². The highest BCUT2D eigenvalue weighted by Gasteiger charge is 2.31. The van der Waals surface area contributed by atoms with Crippen molar-refractivity contribution >= 4 is 27.5 Å². The summed E-state index contributed by atoms with van der Waals surface area (Å²) < 4.78 is 32.7. The van der Waals surface area contributed by atoms with Gasteiger partial charge in [-0.3, -0.25) is 19.4 Å². The molecule has 1 saturated heterocycles. The highest BCUT2D eigenvalue weighted by atomic mass is 32.2. The van der Waals surface area contributed by atoms with Crippen LogP contribution in [0.25, 0.3) is 0 Å². The lowest BCUT2D eigenvalue weighted by atomic mass is 10.1. The van der Waals surface area contributed by atoms with Gasteiger partial charge in [-0.15, -0.1) is 0 Å². The quantitative estimate of drug-likeness (QED) is 0.570. The lowest BCUT2D eigenvalue weighted by molar-refractivity contribution is -0.117. The maximum absolute atomic E-state index is 13.1. The van der Waals surface area contributed by atoms with Gasteiger partial charge in [0.15, 0.2) is 0 Å². The van der Waals surface area contributed by atoms with Gasteiger partial charge in [-0.05, 0) is 42.7 Å². The number of nitrogens with zero attached hydrogens (tertiary/aromatic N) is 2. The Morgan fingerprint density at radius 3 is 2.62 bits per heavy atom. The molecule has 0 aromatic heterocycles. The van der Waals surface area contributed by atoms with Gasteiger partial charge in [-0.2, -0.15) is 0 Å². The predicted octanol–water partition coefficient (Wildman–Crippen LogP) is 2.80. The van der Waals surface area contributed by atoms with Gasteiger partial charge in [-0.25, -0.2) is 8.42 Å². The maximum atomic E-state index is 13.1. The molecule has 2 aliphatic rings. The minimum Gasteiger partial charge on any atom is -0.379 e. The number of aliphatic imine (C=N–C) groups is 1. The summed E-state index contributed by atoms with van der Waals surface area (Å²) in [7, 11) is -3.65. The third-order valence-corrected chi connectivity index (χ3v) is 7.52. The molecule has 2 heterocycles. The monoisotopic (exact) mass is 484 g/mol. The number of fused-ring (bicyclic) bond motifs is 1. The number of hydrogen-bond donors (Lipinski definition) is 2. The second kappa shape index (κ2) is 11.1. The summed E-state index contributed by atoms with van der Waals surface area (Å²) in [5, 5.41) is 2.95. The van der Waals surface area contributed by atoms with Crippen LogP contribution in [0.4, 0.5) is 5.69 Å². The zero-order valence-electron chi connectivity index (χ0n) is 19.5. The number of amides is 1. The number of sulfonamides is 1. The fourth-order valence-electron chi connectivity index (χ4n) is 4.13. The van der Waals surface area contributed by atoms with Crippen molar-refractivity contribution in [2.45, 2.75) is 43.5 Å². The van der Waals surface area contributed by atoms with Crippen LogP contribution >= 0.6 is 0 Å². The van der Waals surface area contributed by atoms with Gasteiger partial charge in [0.1, 0.15) is 11.9 Å². The van der Waals surface area contributed by atoms with E-state index < -0.39 is 16.1 Å². The van der Waals surface area contributed by atoms with Crippen LogP contribution in [0.3, 0.4) is 0 Å². The third kappa shape index (κ3) is 6.02. The molecule has 0 aliphatic carbocycles. The lowest BCUT2D eigenvalue weighted by Gasteiger charge is -2.26. The third-order valence-electron chi connectivity index (χ3n) is 6.12. The largest absolute Gasteiger partial charge is 0.379 e. The number of unbranched alkanes of at least 4 members (excludes halogenated alkanes) is 1. The summed E-state index contributed by atoms with van der Waals surface area (Å²) in [6.07, 6.45) is 3.20. The van der Waals surface area contributed by atoms with E-state index in [0.717, 1.165) is 52.1 Å². The Kier molecular flexibility index (Phi) is 7.97. The summed E-state index contributed by atoms with van der Waals surface area (Å²) >= 11 is 0. The van der Waals surface area contributed by atoms with E-state index in [1.807, 2.05) is 31.2 Å². The number of carbonyl (C=O) groups is 1. The molecule has 1 unspecified atom stereocenters. The van der Waals surface area contributed by atoms with Crippen molar-refractivity contribution in [3.63, 3.8) is 0 Å². The topological polar surface area (TPSA) is 100 Å². The molecule has 2 N–H and O–H groups in total. The van der Waals surface area contributed by atoms with E-state index in [2.05, 4.69) is 19.9 Å². The Hall–Kier alpha value is -2.75. The fourth-order valence-corrected chi connectivity index (χ4v) is 5.37. The van der Waals surface area contributed by atoms with E-state index in [9.17, 15) is 13.2 Å². The number of ether oxygens (including phenoxy) is 1. The Balaban J connectivity index is 1.42. The molecule has 2 aromatic carbocycles. The van der Waals surface area contributed by atoms with Crippen LogP contribution in [0.2, 0.25) is 0 Å². The van der Waals surface area contributed by atoms with E-state index in [0.29, 0.717) is 17.7 Å². The summed E-state index contributed by atoms with van der Waals surface area (Å²) in [4.78, 5) is 20.2. The molecule has 0 spiro atoms. The zero-order chi connectivity index (χ0) is 24.0. The van der Waals surface area contributed by atoms with E-state index in [4.69, 9.17) is 4.74 Å². The van der Waals surface area contributed by atoms with Crippen LogP contribution in [0.5, 0.6) is 0 Å². The number of amidine groups is 1. The van der Waals surface area contributed by atoms with Gasteiger partial charge in [0, 0.05) is 30.9 Å². The van der Waals surface area contributed by atoms with E-state index in [1.165, 1.54) is 5.56 Å². The summed E-state index contributed by atoms with van der Waals surface area (Å²) in [5.74, 6) is -0.0177. The van der Waals surface area contributed by atoms with Gasteiger partial charge in [0.2, 0.25) is 5.91 Å². The van der Waals surface area contributed by atoms with Crippen LogP contribution in [-0.2, 0) is 26.0 Å². The van der Waals surface area contributed by atoms with Gasteiger partial charge < -0.3 is 10.1 Å². The van der Waals surface area contributed by atoms with Crippen molar-refractivity contribution in [3.05, 3.63) is 59.7 Å². The Morgan fingerprint density at radius 2 is 1.88 bits per heavy atom. The number of morpholine rings is 1. The molecule has 0 saturated carbocycles. The van der Waals surface area contributed by atoms with Crippen LogP contribution in [0.1, 0.15) is 37.3 Å². The maximum Gasteiger partial charge on any atom is 0.263 e. The average Bonchev–Trinajstić information content (AvgIpc) is 3.11. The molecule has 0 radical (unpaired) electrons. The van der Waals surface area contributed by atoms with Crippen LogP contribution in [-0.4, -0.2) is 64.0 Å². The number of rotatable bonds is 9. The van der Waals surface area contributed by atoms with Crippen LogP contribution < -0.4 is 10.0 Å². The summed E-state index contributed by atoms with van der Waals surface area (Å²) in [5.41, 5.74) is 2.42. The lowest BCUT2D eigenvalue weighted by Crippen LogP contribution is -2.37. The Morgan fingerprint density at radius 1 is 1.15 bits per heavy atom. The smallest absolute Gasteiger partial charge is 0.263 e. The van der Waals surface area contributed by atoms with Crippen molar-refractivity contribution in [1.29, 1.82) is 0 Å². The van der Waals surface area contributed by atoms with Crippen LogP contribution in [0, 0.1) is 0 Å². The van der Waals surface area contributed by atoms with E-state index in [-0.39, 0.29) is 16.6 Å². The molecule has 34 heavy (non-hydrogen) atoms. The second-order valence-electron chi connectivity index (χ2n) is 8.63. The normalized spacial score (nSPS) is 19.4. The van der Waals surface area contributed by atoms with Crippen molar-refractivity contribution in [2.75, 3.05) is 38.2 Å². The molecule has 2 aliphatic heterocycles. The van der Waals surface area contributed by atoms with Gasteiger partial charge in [0.05, 0.1) is 18.1 Å². The number of hydrogen-bond acceptors (Lipinski definition) is 6. The molecule has 1 amide bonds. The predicted molar refractivity (Wildman–Crippen MR) is 133 cm³/mol. The molecular weight excluding hydrogens is 452 g/mol. The molecule has 182 valence electrons. The highest BCUT2D eigenvalue weighted by Crippen LogP contribution is 2.23. The van der Waals surface area contributed by atoms with E-state index in [1.54, 1.807) is 24.3 Å². The highest BCUT2D eigenvalue weighted by molar-refractivity contribution is 7.90. The average molecular weight is 485 g/mol. The van der Waals surface area contributed by atoms with Crippen molar-refractivity contribution in [1.82, 2.24) is 9.62 Å². The molecule has 8 nitrogen and oxygen atoms in total. The first-order chi connectivity index (χ1) is 16.5. The Labute approximate surface area is 201 Å². The molecule has 9 heteroatoms. The molecule has 1 atom stereocenters. The van der Waals surface area contributed by atoms with Gasteiger partial charge in [0.25, 0.3) is 10.0 Å². The van der Waals surface area contributed by atoms with Gasteiger partial charge in [-0.1, -0.05) is 44.0 Å². The zero-order valence-corrected chi connectivity index (χ0v) is 20.3. The summed E-state index contributed by atoms with van der Waals surface area (Å²) in [6.45, 7) is 6.56. The first-order valence-electron chi connectivity index (χ1n) is 11.9. The number of carbonyl (C=O) groups excluding carboxylic acids is 1. The van der Waals surface area contributed by atoms with Crippen molar-refractivity contribution < 1.29 is 17.9 Å². The first-order valence-corrected chi connectivity index (χ1v) is 13.3. The van der Waals surface area contributed by atoms with Crippen LogP contribution in [0.15, 0.2) is 58.4 Å². The first kappa shape index (κ1) is 24.4. The standard InChI is InChI=1S/C25H32N4O4S/c1-2-3-7-22(27-24-21-6-4-5-8-23(21)34(31,32)28-24)25(30)26-20-11-9-19(10-12-20)13-14-29-15-17-33-18-16-29/h4-6,8-12,22H,2-3,7,13-18H2,1H3,(H,26,30)(H,27,28). The molecule has 0 bridgehead atoms. The van der Waals surface area contributed by atoms with E-state index >= 15 is 0 Å². The fraction of sp³-hybridized carbons (Fsp3) is 0.440. The van der Waals surface area contributed by atoms with Crippen molar-refractivity contribution in [3.8, 4) is 0 Å². The molecule has 2 aromatic rings. The minimum absolute atomic E-state index is 0.191. The Bertz CT molecular complexity index is 1130. The number of benzene rings is 2. The molecule has 1 fully saturated rings. The number of anilines is 1. The van der Waals surface area contributed by atoms with Crippen molar-refractivity contribution in [2.24, 2.45) is 4.99 Å². The minimum atomic E-state index is -3.65. The molecular formula is C25H32N4O4S. The molecule has 4 rings (SSSR count). The summed E-state index contributed by atoms with van der Waals surface area (Å²) in [6, 6.07) is 13.9. The second-order valence-corrected chi connectivity index (χ2v) is 10.3. The SMILES string of the molecule is CCCCC(N=C1NS(=O)(=O)c2ccccc21)C(=O)Nc1ccc(CCN2CCOCC2)cc1.